The topological polar surface area (TPSA) is 138 Å². The van der Waals surface area contributed by atoms with Crippen LogP contribution in [0.1, 0.15) is 35.6 Å². The Bertz CT molecular complexity index is 1250. The van der Waals surface area contributed by atoms with Gasteiger partial charge in [0.15, 0.2) is 5.82 Å². The maximum atomic E-state index is 12.7. The molecule has 3 aromatic rings. The van der Waals surface area contributed by atoms with E-state index in [2.05, 4.69) is 10.1 Å². The number of phenolic OH excluding ortho intramolecular Hbond substituents is 1. The maximum Gasteiger partial charge on any atom is 0.410 e. The molecule has 0 saturated carbocycles. The number of benzene rings is 2. The van der Waals surface area contributed by atoms with Gasteiger partial charge in [0.2, 0.25) is 6.10 Å². The molecule has 0 aliphatic carbocycles. The van der Waals surface area contributed by atoms with Crippen LogP contribution in [0.15, 0.2) is 47.3 Å². The second-order valence-corrected chi connectivity index (χ2v) is 8.80. The van der Waals surface area contributed by atoms with E-state index in [1.165, 1.54) is 9.58 Å². The van der Waals surface area contributed by atoms with Crippen LogP contribution >= 0.6 is 0 Å². The summed E-state index contributed by atoms with van der Waals surface area (Å²) in [5, 5.41) is 24.0. The lowest BCUT2D eigenvalue weighted by Gasteiger charge is -2.31. The molecule has 2 aromatic carbocycles. The number of carboxylic acids is 1. The Morgan fingerprint density at radius 2 is 1.77 bits per heavy atom. The minimum Gasteiger partial charge on any atom is -0.507 e. The first-order valence-electron chi connectivity index (χ1n) is 11.4. The van der Waals surface area contributed by atoms with Gasteiger partial charge in [-0.15, -0.1) is 5.10 Å². The monoisotopic (exact) mass is 480 g/mol. The number of likely N-dealkylation sites (tertiary alicyclic amines) is 1. The van der Waals surface area contributed by atoms with Crippen LogP contribution in [0, 0.1) is 13.8 Å². The summed E-state index contributed by atoms with van der Waals surface area (Å²) < 4.78 is 6.74. The van der Waals surface area contributed by atoms with Crippen LogP contribution in [0.2, 0.25) is 0 Å². The second kappa shape index (κ2) is 10.0. The summed E-state index contributed by atoms with van der Waals surface area (Å²) in [6, 6.07) is 12.5. The molecule has 35 heavy (non-hydrogen) atoms. The summed E-state index contributed by atoms with van der Waals surface area (Å²) in [7, 11) is 0. The molecule has 0 bridgehead atoms. The number of nitrogens with one attached hydrogen (secondary N) is 1. The van der Waals surface area contributed by atoms with Crippen molar-refractivity contribution in [2.45, 2.75) is 45.3 Å². The molecule has 1 fully saturated rings. The van der Waals surface area contributed by atoms with E-state index < -0.39 is 18.2 Å². The van der Waals surface area contributed by atoms with Crippen LogP contribution < -0.4 is 5.69 Å². The smallest absolute Gasteiger partial charge is 0.410 e. The Kier molecular flexibility index (Phi) is 6.90. The van der Waals surface area contributed by atoms with Gasteiger partial charge in [-0.05, 0) is 43.4 Å². The third kappa shape index (κ3) is 5.37. The zero-order valence-corrected chi connectivity index (χ0v) is 19.6. The number of carbonyl (C=O) groups excluding carboxylic acids is 1. The highest BCUT2D eigenvalue weighted by atomic mass is 16.6. The third-order valence-corrected chi connectivity index (χ3v) is 6.25. The highest BCUT2D eigenvalue weighted by Crippen LogP contribution is 2.25. The first-order valence-corrected chi connectivity index (χ1v) is 11.4. The zero-order chi connectivity index (χ0) is 25.1. The molecule has 184 valence electrons. The lowest BCUT2D eigenvalue weighted by atomic mass is 10.0. The summed E-state index contributed by atoms with van der Waals surface area (Å²) in [5.74, 6) is -0.595. The van der Waals surface area contributed by atoms with Crippen molar-refractivity contribution in [3.05, 3.63) is 69.6 Å². The van der Waals surface area contributed by atoms with Gasteiger partial charge in [-0.25, -0.2) is 19.1 Å². The zero-order valence-electron chi connectivity index (χ0n) is 19.6. The average molecular weight is 481 g/mol. The lowest BCUT2D eigenvalue weighted by Crippen LogP contribution is -2.43. The number of aromatic amines is 1. The molecule has 4 rings (SSSR count). The number of piperidine rings is 1. The molecule has 2 heterocycles. The summed E-state index contributed by atoms with van der Waals surface area (Å²) in [5.41, 5.74) is 2.41. The molecule has 1 aromatic heterocycles. The van der Waals surface area contributed by atoms with Crippen molar-refractivity contribution < 1.29 is 24.5 Å². The molecule has 1 atom stereocenters. The van der Waals surface area contributed by atoms with Crippen LogP contribution in [-0.4, -0.2) is 61.1 Å². The number of ether oxygens (including phenoxy) is 1. The first kappa shape index (κ1) is 24.1. The number of phenols is 1. The fourth-order valence-corrected chi connectivity index (χ4v) is 4.36. The molecule has 1 aliphatic heterocycles. The number of nitrogens with zero attached hydrogens (tertiary/aromatic N) is 3. The fraction of sp³-hybridized carbons (Fsp3) is 0.360. The number of aryl methyl sites for hydroxylation is 2. The van der Waals surface area contributed by atoms with Gasteiger partial charge >= 0.3 is 17.8 Å². The number of aromatic nitrogens is 3. The molecule has 3 N–H and O–H groups in total. The van der Waals surface area contributed by atoms with Crippen molar-refractivity contribution in [3.63, 3.8) is 0 Å². The van der Waals surface area contributed by atoms with Crippen molar-refractivity contribution in [3.8, 4) is 17.1 Å². The van der Waals surface area contributed by atoms with Gasteiger partial charge in [0.05, 0.1) is 6.04 Å². The number of aliphatic carboxylic acids is 1. The number of H-pyrrole nitrogens is 1. The molecular weight excluding hydrogens is 452 g/mol. The van der Waals surface area contributed by atoms with Crippen LogP contribution in [0.5, 0.6) is 5.75 Å². The van der Waals surface area contributed by atoms with Crippen molar-refractivity contribution in [2.24, 2.45) is 0 Å². The van der Waals surface area contributed by atoms with Gasteiger partial charge in [0.1, 0.15) is 5.75 Å². The van der Waals surface area contributed by atoms with E-state index in [1.54, 1.807) is 26.0 Å². The van der Waals surface area contributed by atoms with E-state index in [0.29, 0.717) is 48.4 Å². The van der Waals surface area contributed by atoms with Gasteiger partial charge in [0, 0.05) is 25.1 Å². The van der Waals surface area contributed by atoms with Crippen molar-refractivity contribution in [2.75, 3.05) is 13.1 Å². The number of amides is 1. The molecule has 0 radical (unpaired) electrons. The molecule has 10 nitrogen and oxygen atoms in total. The number of rotatable bonds is 6. The maximum absolute atomic E-state index is 12.7. The molecule has 0 spiro atoms. The molecule has 10 heteroatoms. The number of hydrogen-bond acceptors (Lipinski definition) is 6. The second-order valence-electron chi connectivity index (χ2n) is 8.80. The molecule has 1 amide bonds. The van der Waals surface area contributed by atoms with E-state index in [4.69, 9.17) is 4.74 Å². The van der Waals surface area contributed by atoms with E-state index >= 15 is 0 Å². The van der Waals surface area contributed by atoms with E-state index in [0.717, 1.165) is 5.56 Å². The Morgan fingerprint density at radius 1 is 1.14 bits per heavy atom. The summed E-state index contributed by atoms with van der Waals surface area (Å²) in [6.45, 7) is 4.08. The van der Waals surface area contributed by atoms with Gasteiger partial charge in [-0.1, -0.05) is 42.5 Å². The minimum atomic E-state index is -1.36. The number of aromatic hydroxyl groups is 1. The van der Waals surface area contributed by atoms with E-state index in [1.807, 2.05) is 30.3 Å². The van der Waals surface area contributed by atoms with Gasteiger partial charge in [-0.3, -0.25) is 4.98 Å². The van der Waals surface area contributed by atoms with Gasteiger partial charge < -0.3 is 19.8 Å². The highest BCUT2D eigenvalue weighted by Gasteiger charge is 2.30. The Hall–Kier alpha value is -4.08. The van der Waals surface area contributed by atoms with Crippen molar-refractivity contribution in [1.29, 1.82) is 0 Å². The average Bonchev–Trinajstić information content (AvgIpc) is 3.24. The summed E-state index contributed by atoms with van der Waals surface area (Å²) in [6.07, 6.45) is -1.09. The van der Waals surface area contributed by atoms with Crippen LogP contribution in [0.3, 0.4) is 0 Å². The standard InChI is InChI=1S/C25H28N4O6/c1-15-12-17(13-16(2)21(15)30)14-20(23(31)32)35-25(34)28-10-8-19(9-11-28)29-24(33)26-22(27-29)18-6-4-3-5-7-18/h3-7,12-13,19-20,30H,8-11,14H2,1-2H3,(H,31,32)(H,26,27,33). The van der Waals surface area contributed by atoms with E-state index in [9.17, 15) is 24.6 Å². The molecular formula is C25H28N4O6. The Labute approximate surface area is 201 Å². The quantitative estimate of drug-likeness (QED) is 0.493. The van der Waals surface area contributed by atoms with Gasteiger partial charge in [0.25, 0.3) is 0 Å². The predicted octanol–water partition coefficient (Wildman–Crippen LogP) is 3.03. The first-order chi connectivity index (χ1) is 16.7. The summed E-state index contributed by atoms with van der Waals surface area (Å²) in [4.78, 5) is 41.1. The van der Waals surface area contributed by atoms with Gasteiger partial charge in [-0.2, -0.15) is 0 Å². The number of carboxylic acid groups (broad SMARTS) is 1. The minimum absolute atomic E-state index is 0.00950. The largest absolute Gasteiger partial charge is 0.507 e. The number of hydrogen-bond donors (Lipinski definition) is 3. The normalized spacial score (nSPS) is 15.1. The lowest BCUT2D eigenvalue weighted by molar-refractivity contribution is -0.147. The van der Waals surface area contributed by atoms with Crippen LogP contribution in [0.4, 0.5) is 4.79 Å². The Morgan fingerprint density at radius 3 is 2.37 bits per heavy atom. The molecule has 1 unspecified atom stereocenters. The van der Waals surface area contributed by atoms with Crippen molar-refractivity contribution >= 4 is 12.1 Å². The SMILES string of the molecule is Cc1cc(CC(OC(=O)N2CCC(n3nc(-c4ccccc4)[nH]c3=O)CC2)C(=O)O)cc(C)c1O. The molecule has 1 saturated heterocycles. The highest BCUT2D eigenvalue weighted by molar-refractivity contribution is 5.77. The van der Waals surface area contributed by atoms with Crippen LogP contribution in [-0.2, 0) is 16.0 Å². The van der Waals surface area contributed by atoms with Crippen molar-refractivity contribution in [1.82, 2.24) is 19.7 Å². The number of carbonyl (C=O) groups is 2. The van der Waals surface area contributed by atoms with E-state index in [-0.39, 0.29) is 23.9 Å². The molecule has 1 aliphatic rings. The third-order valence-electron chi connectivity index (χ3n) is 6.25. The fourth-order valence-electron chi connectivity index (χ4n) is 4.36. The predicted molar refractivity (Wildman–Crippen MR) is 127 cm³/mol. The summed E-state index contributed by atoms with van der Waals surface area (Å²) >= 11 is 0. The Balaban J connectivity index is 1.37. The van der Waals surface area contributed by atoms with Crippen LogP contribution in [0.25, 0.3) is 11.4 Å².